The molecule has 0 saturated heterocycles. The number of methoxy groups -OCH3 is 1. The van der Waals surface area contributed by atoms with E-state index in [0.29, 0.717) is 6.04 Å². The fraction of sp³-hybridized carbons (Fsp3) is 0.240. The first-order valence-electron chi connectivity index (χ1n) is 10.2. The van der Waals surface area contributed by atoms with Crippen molar-refractivity contribution in [1.29, 1.82) is 0 Å². The summed E-state index contributed by atoms with van der Waals surface area (Å²) >= 11 is 0. The molecule has 0 amide bonds. The number of ether oxygens (including phenoxy) is 1. The largest absolute Gasteiger partial charge is 0.496 e. The molecule has 3 aromatic carbocycles. The molecule has 146 valence electrons. The molecule has 4 heteroatoms. The summed E-state index contributed by atoms with van der Waals surface area (Å²) in [5, 5.41) is 3.74. The van der Waals surface area contributed by atoms with Gasteiger partial charge in [-0.1, -0.05) is 42.5 Å². The van der Waals surface area contributed by atoms with Gasteiger partial charge in [0.25, 0.3) is 0 Å². The Morgan fingerprint density at radius 2 is 1.93 bits per heavy atom. The van der Waals surface area contributed by atoms with Crippen LogP contribution >= 0.6 is 0 Å². The van der Waals surface area contributed by atoms with Crippen LogP contribution in [0.25, 0.3) is 22.2 Å². The minimum Gasteiger partial charge on any atom is -0.496 e. The van der Waals surface area contributed by atoms with Gasteiger partial charge in [-0.15, -0.1) is 0 Å². The van der Waals surface area contributed by atoms with E-state index in [4.69, 9.17) is 4.74 Å². The second kappa shape index (κ2) is 7.72. The van der Waals surface area contributed by atoms with Crippen molar-refractivity contribution in [2.45, 2.75) is 31.8 Å². The van der Waals surface area contributed by atoms with Crippen LogP contribution in [0.5, 0.6) is 5.75 Å². The monoisotopic (exact) mass is 383 g/mol. The molecule has 0 aliphatic heterocycles. The number of fused-ring (bicyclic) bond motifs is 2. The molecule has 1 atom stereocenters. The molecule has 1 heterocycles. The van der Waals surface area contributed by atoms with Crippen LogP contribution in [0, 0.1) is 0 Å². The van der Waals surface area contributed by atoms with Crippen molar-refractivity contribution in [1.82, 2.24) is 15.3 Å². The van der Waals surface area contributed by atoms with Gasteiger partial charge in [0.05, 0.1) is 24.5 Å². The van der Waals surface area contributed by atoms with E-state index in [1.165, 1.54) is 27.8 Å². The summed E-state index contributed by atoms with van der Waals surface area (Å²) in [5.41, 5.74) is 8.61. The van der Waals surface area contributed by atoms with Crippen molar-refractivity contribution in [2.24, 2.45) is 0 Å². The van der Waals surface area contributed by atoms with Crippen LogP contribution in [-0.2, 0) is 19.4 Å². The first kappa shape index (κ1) is 18.0. The number of rotatable bonds is 5. The molecule has 2 N–H and O–H groups in total. The van der Waals surface area contributed by atoms with Gasteiger partial charge in [-0.05, 0) is 65.3 Å². The Labute approximate surface area is 171 Å². The number of nitrogens with zero attached hydrogens (tertiary/aromatic N) is 1. The highest BCUT2D eigenvalue weighted by Gasteiger charge is 2.20. The molecule has 29 heavy (non-hydrogen) atoms. The fourth-order valence-electron chi connectivity index (χ4n) is 4.33. The van der Waals surface area contributed by atoms with Gasteiger partial charge in [-0.2, -0.15) is 0 Å². The molecular weight excluding hydrogens is 358 g/mol. The van der Waals surface area contributed by atoms with Crippen LogP contribution in [0.2, 0.25) is 0 Å². The highest BCUT2D eigenvalue weighted by Crippen LogP contribution is 2.29. The van der Waals surface area contributed by atoms with E-state index >= 15 is 0 Å². The van der Waals surface area contributed by atoms with Crippen LogP contribution in [0.1, 0.15) is 23.1 Å². The average Bonchev–Trinajstić information content (AvgIpc) is 3.25. The van der Waals surface area contributed by atoms with E-state index in [9.17, 15) is 0 Å². The summed E-state index contributed by atoms with van der Waals surface area (Å²) in [4.78, 5) is 7.47. The van der Waals surface area contributed by atoms with Gasteiger partial charge >= 0.3 is 0 Å². The first-order chi connectivity index (χ1) is 14.3. The van der Waals surface area contributed by atoms with Gasteiger partial charge in [0.1, 0.15) is 5.75 Å². The molecule has 0 fully saturated rings. The second-order valence-electron chi connectivity index (χ2n) is 7.75. The Morgan fingerprint density at radius 3 is 2.79 bits per heavy atom. The maximum Gasteiger partial charge on any atom is 0.122 e. The number of hydrogen-bond donors (Lipinski definition) is 2. The highest BCUT2D eigenvalue weighted by molar-refractivity contribution is 5.81. The number of benzene rings is 3. The summed E-state index contributed by atoms with van der Waals surface area (Å²) in [6.45, 7) is 0.893. The van der Waals surface area contributed by atoms with Crippen molar-refractivity contribution in [3.63, 3.8) is 0 Å². The van der Waals surface area contributed by atoms with E-state index in [-0.39, 0.29) is 0 Å². The van der Waals surface area contributed by atoms with Gasteiger partial charge in [0.2, 0.25) is 0 Å². The Morgan fingerprint density at radius 1 is 1.07 bits per heavy atom. The second-order valence-corrected chi connectivity index (χ2v) is 7.75. The van der Waals surface area contributed by atoms with E-state index < -0.39 is 0 Å². The smallest absolute Gasteiger partial charge is 0.122 e. The standard InChI is InChI=1S/C25H25N3O/c1-29-25-4-2-3-20-13-21(10-11-22(20)25)26-15-17-5-7-18(8-6-17)19-9-12-23-24(14-19)28-16-27-23/h2-9,12,14,16,21,26H,10-11,13,15H2,1H3,(H,27,28)/t21-/m0/s1. The number of H-pyrrole nitrogens is 1. The lowest BCUT2D eigenvalue weighted by atomic mass is 9.87. The van der Waals surface area contributed by atoms with Crippen molar-refractivity contribution in [3.05, 3.63) is 83.7 Å². The van der Waals surface area contributed by atoms with E-state index in [2.05, 4.69) is 75.9 Å². The van der Waals surface area contributed by atoms with E-state index in [1.807, 2.05) is 0 Å². The molecule has 1 aromatic heterocycles. The topological polar surface area (TPSA) is 49.9 Å². The molecule has 1 aliphatic rings. The maximum atomic E-state index is 5.52. The average molecular weight is 383 g/mol. The fourth-order valence-corrected chi connectivity index (χ4v) is 4.33. The summed E-state index contributed by atoms with van der Waals surface area (Å²) in [6, 6.07) is 22.1. The zero-order chi connectivity index (χ0) is 19.6. The number of nitrogens with one attached hydrogen (secondary N) is 2. The minimum atomic E-state index is 0.511. The molecule has 0 unspecified atom stereocenters. The Bertz CT molecular complexity index is 1130. The van der Waals surface area contributed by atoms with Gasteiger partial charge in [-0.25, -0.2) is 4.98 Å². The molecule has 4 nitrogen and oxygen atoms in total. The number of aromatic nitrogens is 2. The molecular formula is C25H25N3O. The lowest BCUT2D eigenvalue weighted by Gasteiger charge is -2.27. The molecule has 0 radical (unpaired) electrons. The molecule has 0 saturated carbocycles. The quantitative estimate of drug-likeness (QED) is 0.516. The van der Waals surface area contributed by atoms with E-state index in [0.717, 1.165) is 42.6 Å². The Kier molecular flexibility index (Phi) is 4.78. The van der Waals surface area contributed by atoms with Gasteiger partial charge in [0, 0.05) is 12.6 Å². The Hall–Kier alpha value is -3.11. The zero-order valence-electron chi connectivity index (χ0n) is 16.6. The zero-order valence-corrected chi connectivity index (χ0v) is 16.6. The first-order valence-corrected chi connectivity index (χ1v) is 10.2. The van der Waals surface area contributed by atoms with Crippen LogP contribution < -0.4 is 10.1 Å². The van der Waals surface area contributed by atoms with Crippen molar-refractivity contribution in [3.8, 4) is 16.9 Å². The predicted octanol–water partition coefficient (Wildman–Crippen LogP) is 4.89. The van der Waals surface area contributed by atoms with Gasteiger partial charge in [-0.3, -0.25) is 0 Å². The van der Waals surface area contributed by atoms with Crippen LogP contribution in [0.15, 0.2) is 67.0 Å². The summed E-state index contributed by atoms with van der Waals surface area (Å²) in [6.07, 6.45) is 5.03. The lowest BCUT2D eigenvalue weighted by molar-refractivity contribution is 0.397. The molecule has 0 bridgehead atoms. The molecule has 5 rings (SSSR count). The normalized spacial score (nSPS) is 16.0. The molecule has 0 spiro atoms. The third-order valence-electron chi connectivity index (χ3n) is 5.96. The number of hydrogen-bond acceptors (Lipinski definition) is 3. The third-order valence-corrected chi connectivity index (χ3v) is 5.96. The summed E-state index contributed by atoms with van der Waals surface area (Å²) in [7, 11) is 1.76. The highest BCUT2D eigenvalue weighted by atomic mass is 16.5. The SMILES string of the molecule is COc1cccc2c1CC[C@H](NCc1ccc(-c3ccc4nc[nH]c4c3)cc1)C2. The minimum absolute atomic E-state index is 0.511. The van der Waals surface area contributed by atoms with Crippen molar-refractivity contribution in [2.75, 3.05) is 7.11 Å². The molecule has 1 aliphatic carbocycles. The third kappa shape index (κ3) is 3.64. The van der Waals surface area contributed by atoms with Crippen LogP contribution in [0.3, 0.4) is 0 Å². The predicted molar refractivity (Wildman–Crippen MR) is 117 cm³/mol. The maximum absolute atomic E-state index is 5.52. The summed E-state index contributed by atoms with van der Waals surface area (Å²) in [5.74, 6) is 1.03. The van der Waals surface area contributed by atoms with E-state index in [1.54, 1.807) is 13.4 Å². The van der Waals surface area contributed by atoms with Crippen molar-refractivity contribution >= 4 is 11.0 Å². The number of imidazole rings is 1. The van der Waals surface area contributed by atoms with Crippen LogP contribution in [0.4, 0.5) is 0 Å². The van der Waals surface area contributed by atoms with Crippen LogP contribution in [-0.4, -0.2) is 23.1 Å². The van der Waals surface area contributed by atoms with Gasteiger partial charge < -0.3 is 15.0 Å². The Balaban J connectivity index is 1.23. The molecule has 4 aromatic rings. The lowest BCUT2D eigenvalue weighted by Crippen LogP contribution is -2.34. The summed E-state index contributed by atoms with van der Waals surface area (Å²) < 4.78 is 5.52. The van der Waals surface area contributed by atoms with Crippen molar-refractivity contribution < 1.29 is 4.74 Å². The number of aromatic amines is 1. The van der Waals surface area contributed by atoms with Gasteiger partial charge in [0.15, 0.2) is 0 Å².